The number of carbonyl (C=O) groups is 3. The number of allylic oxidation sites excluding steroid dienone is 4. The van der Waals surface area contributed by atoms with E-state index >= 15 is 0 Å². The Kier molecular flexibility index (Phi) is 49.5. The lowest BCUT2D eigenvalue weighted by molar-refractivity contribution is -0.870. The number of likely N-dealkylation sites (N-methyl/N-ethyl adjacent to an activating group) is 1. The van der Waals surface area contributed by atoms with Crippen molar-refractivity contribution in [2.75, 3.05) is 47.5 Å². The van der Waals surface area contributed by atoms with Crippen molar-refractivity contribution in [3.63, 3.8) is 0 Å². The van der Waals surface area contributed by atoms with Gasteiger partial charge in [-0.3, -0.25) is 9.59 Å². The number of hydrogen-bond acceptors (Lipinski definition) is 7. The molecule has 0 aliphatic rings. The number of nitrogens with zero attached hydrogens (tertiary/aromatic N) is 1. The average Bonchev–Trinajstić information content (AvgIpc) is 3.30. The summed E-state index contributed by atoms with van der Waals surface area (Å²) in [6.45, 7) is 4.90. The maximum atomic E-state index is 12.9. The molecule has 0 aromatic carbocycles. The summed E-state index contributed by atoms with van der Waals surface area (Å²) in [6, 6.07) is 0. The molecule has 68 heavy (non-hydrogen) atoms. The first-order chi connectivity index (χ1) is 33.1. The van der Waals surface area contributed by atoms with Crippen LogP contribution < -0.4 is 0 Å². The highest BCUT2D eigenvalue weighted by atomic mass is 16.7. The Bertz CT molecular complexity index is 1170. The highest BCUT2D eigenvalue weighted by molar-refractivity contribution is 5.71. The van der Waals surface area contributed by atoms with E-state index in [2.05, 4.69) is 38.2 Å². The summed E-state index contributed by atoms with van der Waals surface area (Å²) in [5, 5.41) is 9.69. The molecule has 0 rings (SSSR count). The van der Waals surface area contributed by atoms with E-state index in [0.717, 1.165) is 51.4 Å². The molecule has 0 spiro atoms. The summed E-state index contributed by atoms with van der Waals surface area (Å²) < 4.78 is 22.9. The molecule has 9 heteroatoms. The zero-order valence-electron chi connectivity index (χ0n) is 45.5. The van der Waals surface area contributed by atoms with Crippen LogP contribution in [-0.4, -0.2) is 87.4 Å². The highest BCUT2D eigenvalue weighted by Gasteiger charge is 2.25. The number of unbranched alkanes of at least 4 members (excludes halogenated alkanes) is 35. The van der Waals surface area contributed by atoms with E-state index in [1.165, 1.54) is 199 Å². The maximum absolute atomic E-state index is 12.9. The minimum atomic E-state index is -1.51. The smallest absolute Gasteiger partial charge is 0.361 e. The summed E-state index contributed by atoms with van der Waals surface area (Å²) in [7, 11) is 5.97. The zero-order chi connectivity index (χ0) is 49.9. The predicted molar refractivity (Wildman–Crippen MR) is 286 cm³/mol. The van der Waals surface area contributed by atoms with Gasteiger partial charge in [-0.25, -0.2) is 4.79 Å². The van der Waals surface area contributed by atoms with E-state index in [1.54, 1.807) is 0 Å². The number of rotatable bonds is 54. The van der Waals surface area contributed by atoms with Crippen molar-refractivity contribution in [3.8, 4) is 0 Å². The number of esters is 2. The van der Waals surface area contributed by atoms with Crippen molar-refractivity contribution in [3.05, 3.63) is 24.3 Å². The number of aliphatic carboxylic acids is 1. The lowest BCUT2D eigenvalue weighted by Crippen LogP contribution is -2.40. The Hall–Kier alpha value is -2.23. The van der Waals surface area contributed by atoms with E-state index in [1.807, 2.05) is 21.1 Å². The number of hydrogen-bond donors (Lipinski definition) is 1. The largest absolute Gasteiger partial charge is 0.477 e. The van der Waals surface area contributed by atoms with Crippen molar-refractivity contribution in [1.29, 1.82) is 0 Å². The second-order valence-corrected chi connectivity index (χ2v) is 20.9. The van der Waals surface area contributed by atoms with Gasteiger partial charge in [-0.15, -0.1) is 0 Å². The van der Waals surface area contributed by atoms with Crippen LogP contribution in [0, 0.1) is 0 Å². The Morgan fingerprint density at radius 3 is 1.09 bits per heavy atom. The van der Waals surface area contributed by atoms with Gasteiger partial charge < -0.3 is 28.5 Å². The van der Waals surface area contributed by atoms with Crippen molar-refractivity contribution in [2.45, 2.75) is 289 Å². The van der Waals surface area contributed by atoms with Gasteiger partial charge in [0.15, 0.2) is 6.10 Å². The first-order valence-corrected chi connectivity index (χ1v) is 29.0. The second-order valence-electron chi connectivity index (χ2n) is 20.9. The number of carboxylic acids is 1. The molecule has 0 heterocycles. The average molecular weight is 964 g/mol. The van der Waals surface area contributed by atoms with Crippen LogP contribution in [0.3, 0.4) is 0 Å². The Morgan fingerprint density at radius 1 is 0.426 bits per heavy atom. The van der Waals surface area contributed by atoms with Crippen LogP contribution >= 0.6 is 0 Å². The zero-order valence-corrected chi connectivity index (χ0v) is 45.5. The van der Waals surface area contributed by atoms with Crippen molar-refractivity contribution >= 4 is 17.9 Å². The molecule has 2 unspecified atom stereocenters. The molecule has 1 N–H and O–H groups in total. The van der Waals surface area contributed by atoms with Crippen molar-refractivity contribution < 1.29 is 42.9 Å². The minimum absolute atomic E-state index is 0.182. The monoisotopic (exact) mass is 963 g/mol. The van der Waals surface area contributed by atoms with Crippen LogP contribution in [0.2, 0.25) is 0 Å². The van der Waals surface area contributed by atoms with Gasteiger partial charge in [0.2, 0.25) is 0 Å². The number of carbonyl (C=O) groups excluding carboxylic acids is 2. The standard InChI is InChI=1S/C59H111NO8/c1-6-8-10-12-14-16-18-20-22-24-25-26-27-28-29-30-31-32-33-34-36-38-40-42-44-46-48-50-57(62)68-55(54-67-59(58(63)64)65-52-51-60(3,4)5)53-66-56(61)49-47-45-43-41-39-37-35-23-21-19-17-15-13-11-9-7-2/h23-25,35,55,59H,6-22,26-34,36-54H2,1-5H3/p+1/b25-24-,35-23-. The molecule has 2 atom stereocenters. The normalized spacial score (nSPS) is 12.9. The van der Waals surface area contributed by atoms with Gasteiger partial charge in [-0.05, 0) is 64.2 Å². The van der Waals surface area contributed by atoms with Crippen LogP contribution in [0.4, 0.5) is 0 Å². The lowest BCUT2D eigenvalue weighted by atomic mass is 10.0. The quantitative estimate of drug-likeness (QED) is 0.0211. The number of quaternary nitrogens is 1. The summed E-state index contributed by atoms with van der Waals surface area (Å²) >= 11 is 0. The molecule has 0 aromatic heterocycles. The fourth-order valence-electron chi connectivity index (χ4n) is 8.42. The fourth-order valence-corrected chi connectivity index (χ4v) is 8.42. The molecule has 0 saturated carbocycles. The fraction of sp³-hybridized carbons (Fsp3) is 0.881. The first kappa shape index (κ1) is 65.8. The third-order valence-electron chi connectivity index (χ3n) is 12.9. The SMILES string of the molecule is CCCCCCCCC/C=C\CCCCCCCC(=O)OCC(COC(OCC[N+](C)(C)C)C(=O)O)OC(=O)CCCCCCCCCCCCCCCCC/C=C\CCCCCCCCCC. The third-order valence-corrected chi connectivity index (χ3v) is 12.9. The van der Waals surface area contributed by atoms with Crippen LogP contribution in [-0.2, 0) is 33.3 Å². The molecule has 400 valence electrons. The predicted octanol–water partition coefficient (Wildman–Crippen LogP) is 16.7. The van der Waals surface area contributed by atoms with Gasteiger partial charge in [0.05, 0.1) is 34.4 Å². The lowest BCUT2D eigenvalue weighted by Gasteiger charge is -2.25. The van der Waals surface area contributed by atoms with Gasteiger partial charge in [0, 0.05) is 12.8 Å². The number of carboxylic acid groups (broad SMARTS) is 1. The van der Waals surface area contributed by atoms with Crippen molar-refractivity contribution in [1.82, 2.24) is 0 Å². The second kappa shape index (κ2) is 51.1. The van der Waals surface area contributed by atoms with E-state index in [0.29, 0.717) is 17.4 Å². The van der Waals surface area contributed by atoms with Crippen LogP contribution in [0.15, 0.2) is 24.3 Å². The Balaban J connectivity index is 4.18. The minimum Gasteiger partial charge on any atom is -0.477 e. The molecule has 0 aromatic rings. The highest BCUT2D eigenvalue weighted by Crippen LogP contribution is 2.17. The van der Waals surface area contributed by atoms with Crippen molar-refractivity contribution in [2.24, 2.45) is 0 Å². The van der Waals surface area contributed by atoms with Gasteiger partial charge in [-0.1, -0.05) is 224 Å². The summed E-state index contributed by atoms with van der Waals surface area (Å²) in [4.78, 5) is 37.4. The first-order valence-electron chi connectivity index (χ1n) is 29.0. The van der Waals surface area contributed by atoms with Crippen LogP contribution in [0.1, 0.15) is 277 Å². The maximum Gasteiger partial charge on any atom is 0.361 e. The van der Waals surface area contributed by atoms with Crippen LogP contribution in [0.5, 0.6) is 0 Å². The molecular weight excluding hydrogens is 851 g/mol. The van der Waals surface area contributed by atoms with E-state index in [-0.39, 0.29) is 32.2 Å². The third kappa shape index (κ3) is 51.6. The molecule has 0 amide bonds. The molecule has 0 aliphatic heterocycles. The molecule has 0 bridgehead atoms. The molecule has 0 aliphatic carbocycles. The number of ether oxygens (including phenoxy) is 4. The van der Waals surface area contributed by atoms with Gasteiger partial charge in [-0.2, -0.15) is 0 Å². The van der Waals surface area contributed by atoms with Gasteiger partial charge in [0.1, 0.15) is 13.2 Å². The summed E-state index contributed by atoms with van der Waals surface area (Å²) in [6.07, 6.45) is 56.9. The van der Waals surface area contributed by atoms with E-state index < -0.39 is 24.3 Å². The molecular formula is C59H112NO8+. The van der Waals surface area contributed by atoms with E-state index in [9.17, 15) is 19.5 Å². The Labute approximate surface area is 420 Å². The van der Waals surface area contributed by atoms with E-state index in [4.69, 9.17) is 18.9 Å². The van der Waals surface area contributed by atoms with Gasteiger partial charge in [0.25, 0.3) is 6.29 Å². The van der Waals surface area contributed by atoms with Crippen LogP contribution in [0.25, 0.3) is 0 Å². The molecule has 0 saturated heterocycles. The molecule has 0 radical (unpaired) electrons. The summed E-state index contributed by atoms with van der Waals surface area (Å²) in [5.41, 5.74) is 0. The summed E-state index contributed by atoms with van der Waals surface area (Å²) in [5.74, 6) is -2.00. The molecule has 0 fully saturated rings. The topological polar surface area (TPSA) is 108 Å². The van der Waals surface area contributed by atoms with Gasteiger partial charge >= 0.3 is 17.9 Å². The Morgan fingerprint density at radius 2 is 0.750 bits per heavy atom. The molecule has 9 nitrogen and oxygen atoms in total.